The molecule has 0 saturated heterocycles. The van der Waals surface area contributed by atoms with Crippen LogP contribution in [0.5, 0.6) is 0 Å². The molecule has 0 saturated carbocycles. The Morgan fingerprint density at radius 2 is 2.27 bits per heavy atom. The molecule has 2 nitrogen and oxygen atoms in total. The van der Waals surface area contributed by atoms with E-state index in [1.807, 2.05) is 26.1 Å². The third-order valence-corrected chi connectivity index (χ3v) is 1.90. The summed E-state index contributed by atoms with van der Waals surface area (Å²) in [6.45, 7) is 3.97. The van der Waals surface area contributed by atoms with Gasteiger partial charge in [-0.1, -0.05) is 12.2 Å². The highest BCUT2D eigenvalue weighted by molar-refractivity contribution is 7.71. The molecule has 1 rings (SSSR count). The summed E-state index contributed by atoms with van der Waals surface area (Å²) in [7, 11) is 0. The van der Waals surface area contributed by atoms with Gasteiger partial charge >= 0.3 is 0 Å². The van der Waals surface area contributed by atoms with Crippen LogP contribution in [0.1, 0.15) is 24.1 Å². The molecule has 3 heteroatoms. The quantitative estimate of drug-likeness (QED) is 0.630. The van der Waals surface area contributed by atoms with E-state index in [0.717, 1.165) is 15.8 Å². The van der Waals surface area contributed by atoms with Crippen LogP contribution in [0.4, 0.5) is 0 Å². The molecule has 60 valence electrons. The fourth-order valence-corrected chi connectivity index (χ4v) is 1.31. The maximum absolute atomic E-state index is 5.71. The van der Waals surface area contributed by atoms with Crippen molar-refractivity contribution in [2.45, 2.75) is 19.9 Å². The Labute approximate surface area is 71.4 Å². The van der Waals surface area contributed by atoms with Crippen molar-refractivity contribution < 1.29 is 0 Å². The van der Waals surface area contributed by atoms with Crippen LogP contribution in [0.3, 0.4) is 0 Å². The van der Waals surface area contributed by atoms with Gasteiger partial charge in [-0.25, -0.2) is 0 Å². The van der Waals surface area contributed by atoms with Crippen molar-refractivity contribution in [2.75, 3.05) is 0 Å². The maximum Gasteiger partial charge on any atom is 0.103 e. The molecule has 11 heavy (non-hydrogen) atoms. The smallest absolute Gasteiger partial charge is 0.103 e. The summed E-state index contributed by atoms with van der Waals surface area (Å²) in [5, 5.41) is 0. The Hall–Kier alpha value is -0.670. The molecule has 0 unspecified atom stereocenters. The predicted molar refractivity (Wildman–Crippen MR) is 49.0 cm³/mol. The molecule has 1 aromatic rings. The molecule has 0 radical (unpaired) electrons. The Bertz CT molecular complexity index is 301. The first kappa shape index (κ1) is 8.43. The molecular formula is C8H12N2S. The summed E-state index contributed by atoms with van der Waals surface area (Å²) >= 11 is 4.95. The first-order valence-corrected chi connectivity index (χ1v) is 3.97. The van der Waals surface area contributed by atoms with Gasteiger partial charge in [0, 0.05) is 12.2 Å². The fraction of sp³-hybridized carbons (Fsp3) is 0.375. The Morgan fingerprint density at radius 1 is 1.64 bits per heavy atom. The van der Waals surface area contributed by atoms with E-state index in [-0.39, 0.29) is 6.04 Å². The summed E-state index contributed by atoms with van der Waals surface area (Å²) in [6.07, 6.45) is 1.88. The van der Waals surface area contributed by atoms with Gasteiger partial charge < -0.3 is 10.7 Å². The van der Waals surface area contributed by atoms with Crippen LogP contribution in [0.25, 0.3) is 0 Å². The number of hydrogen-bond acceptors (Lipinski definition) is 2. The van der Waals surface area contributed by atoms with Gasteiger partial charge in [0.05, 0.1) is 0 Å². The zero-order valence-electron chi connectivity index (χ0n) is 6.72. The molecule has 1 heterocycles. The van der Waals surface area contributed by atoms with Crippen LogP contribution < -0.4 is 5.73 Å². The average molecular weight is 168 g/mol. The van der Waals surface area contributed by atoms with Crippen LogP contribution in [-0.2, 0) is 0 Å². The zero-order valence-corrected chi connectivity index (χ0v) is 7.53. The van der Waals surface area contributed by atoms with Crippen molar-refractivity contribution in [1.82, 2.24) is 4.98 Å². The Kier molecular flexibility index (Phi) is 2.42. The van der Waals surface area contributed by atoms with Crippen LogP contribution in [0.2, 0.25) is 0 Å². The van der Waals surface area contributed by atoms with Crippen LogP contribution in [0.15, 0.2) is 12.3 Å². The standard InChI is InChI=1S/C8H12N2S/c1-5-3-8(11)10-4-7(5)6(2)9/h3-4,6H,9H2,1-2H3,(H,10,11)/t6-/m1/s1. The Morgan fingerprint density at radius 3 is 2.73 bits per heavy atom. The van der Waals surface area contributed by atoms with E-state index in [4.69, 9.17) is 18.0 Å². The van der Waals surface area contributed by atoms with Crippen LogP contribution >= 0.6 is 12.2 Å². The van der Waals surface area contributed by atoms with Crippen molar-refractivity contribution >= 4 is 12.2 Å². The largest absolute Gasteiger partial charge is 0.353 e. The number of aromatic nitrogens is 1. The normalized spacial score (nSPS) is 13.0. The van der Waals surface area contributed by atoms with E-state index < -0.39 is 0 Å². The summed E-state index contributed by atoms with van der Waals surface area (Å²) in [5.74, 6) is 0. The van der Waals surface area contributed by atoms with Gasteiger partial charge in [-0.05, 0) is 31.0 Å². The van der Waals surface area contributed by atoms with Crippen LogP contribution in [-0.4, -0.2) is 4.98 Å². The number of aryl methyl sites for hydroxylation is 1. The molecule has 1 atom stereocenters. The lowest BCUT2D eigenvalue weighted by Crippen LogP contribution is -2.07. The molecule has 3 N–H and O–H groups in total. The second-order valence-corrected chi connectivity index (χ2v) is 3.16. The summed E-state index contributed by atoms with van der Waals surface area (Å²) in [5.41, 5.74) is 7.99. The molecule has 0 bridgehead atoms. The average Bonchev–Trinajstić information content (AvgIpc) is 1.85. The number of pyridine rings is 1. The van der Waals surface area contributed by atoms with Crippen molar-refractivity contribution in [2.24, 2.45) is 5.73 Å². The molecular weight excluding hydrogens is 156 g/mol. The first-order chi connectivity index (χ1) is 5.11. The number of nitrogens with two attached hydrogens (primary N) is 1. The summed E-state index contributed by atoms with van der Waals surface area (Å²) < 4.78 is 0.756. The van der Waals surface area contributed by atoms with Gasteiger partial charge in [0.25, 0.3) is 0 Å². The number of nitrogens with one attached hydrogen (secondary N) is 1. The lowest BCUT2D eigenvalue weighted by Gasteiger charge is -2.07. The number of rotatable bonds is 1. The number of H-pyrrole nitrogens is 1. The Balaban J connectivity index is 3.20. The molecule has 0 fully saturated rings. The highest BCUT2D eigenvalue weighted by atomic mass is 32.1. The molecule has 0 aromatic carbocycles. The SMILES string of the molecule is Cc1cc(=S)[nH]cc1[C@@H](C)N. The minimum Gasteiger partial charge on any atom is -0.353 e. The molecule has 0 amide bonds. The van der Waals surface area contributed by atoms with Crippen molar-refractivity contribution in [3.05, 3.63) is 28.0 Å². The number of aromatic amines is 1. The second-order valence-electron chi connectivity index (χ2n) is 2.72. The summed E-state index contributed by atoms with van der Waals surface area (Å²) in [4.78, 5) is 2.96. The van der Waals surface area contributed by atoms with E-state index in [9.17, 15) is 0 Å². The lowest BCUT2D eigenvalue weighted by molar-refractivity contribution is 0.802. The van der Waals surface area contributed by atoms with Gasteiger partial charge in [0.1, 0.15) is 4.64 Å². The first-order valence-electron chi connectivity index (χ1n) is 3.56. The van der Waals surface area contributed by atoms with E-state index >= 15 is 0 Å². The van der Waals surface area contributed by atoms with Crippen molar-refractivity contribution in [1.29, 1.82) is 0 Å². The predicted octanol–water partition coefficient (Wildman–Crippen LogP) is 2.07. The summed E-state index contributed by atoms with van der Waals surface area (Å²) in [6, 6.07) is 2.00. The molecule has 0 aliphatic heterocycles. The van der Waals surface area contributed by atoms with Crippen molar-refractivity contribution in [3.8, 4) is 0 Å². The monoisotopic (exact) mass is 168 g/mol. The van der Waals surface area contributed by atoms with Gasteiger partial charge in [0.15, 0.2) is 0 Å². The van der Waals surface area contributed by atoms with Gasteiger partial charge in [-0.3, -0.25) is 0 Å². The third-order valence-electron chi connectivity index (χ3n) is 1.66. The second kappa shape index (κ2) is 3.15. The molecule has 0 aliphatic carbocycles. The van der Waals surface area contributed by atoms with Crippen LogP contribution in [0, 0.1) is 11.6 Å². The minimum atomic E-state index is 0.0712. The van der Waals surface area contributed by atoms with Gasteiger partial charge in [0.2, 0.25) is 0 Å². The van der Waals surface area contributed by atoms with E-state index in [1.165, 1.54) is 0 Å². The highest BCUT2D eigenvalue weighted by Crippen LogP contribution is 2.12. The molecule has 1 aromatic heterocycles. The maximum atomic E-state index is 5.71. The number of hydrogen-bond donors (Lipinski definition) is 2. The van der Waals surface area contributed by atoms with E-state index in [0.29, 0.717) is 0 Å². The molecule has 0 spiro atoms. The third kappa shape index (κ3) is 1.88. The van der Waals surface area contributed by atoms with Gasteiger partial charge in [-0.2, -0.15) is 0 Å². The zero-order chi connectivity index (χ0) is 8.43. The molecule has 0 aliphatic rings. The minimum absolute atomic E-state index is 0.0712. The van der Waals surface area contributed by atoms with E-state index in [2.05, 4.69) is 4.98 Å². The van der Waals surface area contributed by atoms with E-state index in [1.54, 1.807) is 0 Å². The lowest BCUT2D eigenvalue weighted by atomic mass is 10.1. The van der Waals surface area contributed by atoms with Gasteiger partial charge in [-0.15, -0.1) is 0 Å². The highest BCUT2D eigenvalue weighted by Gasteiger charge is 2.01. The fourth-order valence-electron chi connectivity index (χ4n) is 1.07. The van der Waals surface area contributed by atoms with Crippen molar-refractivity contribution in [3.63, 3.8) is 0 Å². The topological polar surface area (TPSA) is 41.8 Å².